The van der Waals surface area contributed by atoms with Crippen molar-refractivity contribution >= 4 is 17.6 Å². The summed E-state index contributed by atoms with van der Waals surface area (Å²) in [6.07, 6.45) is 24.3. The second-order valence-electron chi connectivity index (χ2n) is 12.1. The molecule has 0 aromatic heterocycles. The molecule has 0 atom stereocenters. The lowest BCUT2D eigenvalue weighted by Gasteiger charge is -2.29. The maximum atomic E-state index is 12.3. The van der Waals surface area contributed by atoms with Crippen LogP contribution >= 0.6 is 0 Å². The molecular weight excluding hydrogens is 504 g/mol. The van der Waals surface area contributed by atoms with Crippen molar-refractivity contribution in [2.75, 3.05) is 26.4 Å². The summed E-state index contributed by atoms with van der Waals surface area (Å²) in [5.74, 6) is 0.821. The molecule has 2 aliphatic carbocycles. The van der Waals surface area contributed by atoms with Gasteiger partial charge in [0.1, 0.15) is 5.78 Å². The summed E-state index contributed by atoms with van der Waals surface area (Å²) < 4.78 is 10.9. The molecule has 0 unspecified atom stereocenters. The van der Waals surface area contributed by atoms with Crippen molar-refractivity contribution in [3.8, 4) is 0 Å². The van der Waals surface area contributed by atoms with Crippen LogP contribution in [0.5, 0.6) is 0 Å². The van der Waals surface area contributed by atoms with Crippen LogP contribution < -0.4 is 10.6 Å². The van der Waals surface area contributed by atoms with Gasteiger partial charge in [0.2, 0.25) is 11.8 Å². The molecule has 0 bridgehead atoms. The van der Waals surface area contributed by atoms with E-state index in [0.29, 0.717) is 57.4 Å². The van der Waals surface area contributed by atoms with Crippen molar-refractivity contribution in [3.05, 3.63) is 0 Å². The van der Waals surface area contributed by atoms with Crippen LogP contribution in [0.4, 0.5) is 0 Å². The highest BCUT2D eigenvalue weighted by molar-refractivity contribution is 5.83. The second kappa shape index (κ2) is 23.1. The zero-order valence-electron chi connectivity index (χ0n) is 25.7. The molecule has 0 radical (unpaired) electrons. The van der Waals surface area contributed by atoms with Gasteiger partial charge < -0.3 is 20.1 Å². The molecular formula is C33H60N2O5. The summed E-state index contributed by atoms with van der Waals surface area (Å²) in [5, 5.41) is 6.32. The third-order valence-corrected chi connectivity index (χ3v) is 8.34. The Morgan fingerprint density at radius 2 is 0.950 bits per heavy atom. The van der Waals surface area contributed by atoms with Crippen molar-refractivity contribution in [3.63, 3.8) is 0 Å². The van der Waals surface area contributed by atoms with Gasteiger partial charge in [-0.3, -0.25) is 14.4 Å². The van der Waals surface area contributed by atoms with Crippen molar-refractivity contribution in [2.45, 2.75) is 160 Å². The number of carbonyl (C=O) groups is 3. The molecule has 0 spiro atoms. The summed E-state index contributed by atoms with van der Waals surface area (Å²) in [4.78, 5) is 36.2. The number of amides is 2. The summed E-state index contributed by atoms with van der Waals surface area (Å²) >= 11 is 0. The normalized spacial score (nSPS) is 18.9. The number of hydrogen-bond acceptors (Lipinski definition) is 5. The quantitative estimate of drug-likeness (QED) is 0.113. The fraction of sp³-hybridized carbons (Fsp3) is 0.909. The van der Waals surface area contributed by atoms with Crippen LogP contribution in [0.15, 0.2) is 0 Å². The Kier molecular flexibility index (Phi) is 20.1. The molecule has 40 heavy (non-hydrogen) atoms. The molecule has 0 heterocycles. The Labute approximate surface area is 244 Å². The Bertz CT molecular complexity index is 674. The van der Waals surface area contributed by atoms with E-state index in [4.69, 9.17) is 9.47 Å². The summed E-state index contributed by atoms with van der Waals surface area (Å²) in [6.45, 7) is 4.00. The summed E-state index contributed by atoms with van der Waals surface area (Å²) in [5.41, 5.74) is 0. The van der Waals surface area contributed by atoms with E-state index in [-0.39, 0.29) is 23.9 Å². The maximum absolute atomic E-state index is 12.3. The monoisotopic (exact) mass is 564 g/mol. The van der Waals surface area contributed by atoms with E-state index < -0.39 is 0 Å². The standard InChI is InChI=1S/C33H60N2O5/c1-2-3-4-5-6-7-8-9-10-11-12-13-14-15-32(37)34-29-18-20-30(21-19-29)35-33(38)23-25-40-27-26-39-24-22-31(36)28-16-17-28/h28-30H,2-27H2,1H3,(H,34,37)(H,35,38). The molecule has 0 saturated heterocycles. The molecule has 2 saturated carbocycles. The van der Waals surface area contributed by atoms with E-state index >= 15 is 0 Å². The van der Waals surface area contributed by atoms with E-state index in [1.165, 1.54) is 70.6 Å². The lowest BCUT2D eigenvalue weighted by atomic mass is 9.91. The van der Waals surface area contributed by atoms with E-state index in [0.717, 1.165) is 51.4 Å². The topological polar surface area (TPSA) is 93.7 Å². The predicted octanol–water partition coefficient (Wildman–Crippen LogP) is 6.80. The zero-order valence-corrected chi connectivity index (χ0v) is 25.7. The fourth-order valence-electron chi connectivity index (χ4n) is 5.55. The Balaban J connectivity index is 1.33. The van der Waals surface area contributed by atoms with Crippen LogP contribution in [-0.4, -0.2) is 56.1 Å². The van der Waals surface area contributed by atoms with Gasteiger partial charge in [-0.1, -0.05) is 84.0 Å². The maximum Gasteiger partial charge on any atom is 0.222 e. The lowest BCUT2D eigenvalue weighted by Crippen LogP contribution is -2.43. The first-order valence-corrected chi connectivity index (χ1v) is 16.9. The van der Waals surface area contributed by atoms with Gasteiger partial charge in [-0.05, 0) is 44.9 Å². The van der Waals surface area contributed by atoms with E-state index in [9.17, 15) is 14.4 Å². The van der Waals surface area contributed by atoms with Crippen LogP contribution in [0.25, 0.3) is 0 Å². The molecule has 0 aromatic rings. The molecule has 7 heteroatoms. The second-order valence-corrected chi connectivity index (χ2v) is 12.1. The van der Waals surface area contributed by atoms with Crippen molar-refractivity contribution in [2.24, 2.45) is 5.92 Å². The van der Waals surface area contributed by atoms with Crippen LogP contribution in [0.1, 0.15) is 148 Å². The van der Waals surface area contributed by atoms with Gasteiger partial charge in [-0.25, -0.2) is 0 Å². The molecule has 2 aliphatic rings. The Morgan fingerprint density at radius 3 is 1.43 bits per heavy atom. The first-order valence-electron chi connectivity index (χ1n) is 16.9. The van der Waals surface area contributed by atoms with Gasteiger partial charge >= 0.3 is 0 Å². The van der Waals surface area contributed by atoms with Gasteiger partial charge in [0.15, 0.2) is 0 Å². The Hall–Kier alpha value is -1.47. The van der Waals surface area contributed by atoms with Crippen LogP contribution in [0.2, 0.25) is 0 Å². The highest BCUT2D eigenvalue weighted by Gasteiger charge is 2.28. The minimum atomic E-state index is 0.0193. The molecule has 2 amide bonds. The average molecular weight is 565 g/mol. The molecule has 7 nitrogen and oxygen atoms in total. The average Bonchev–Trinajstić information content (AvgIpc) is 3.79. The first-order chi connectivity index (χ1) is 19.6. The number of carbonyl (C=O) groups excluding carboxylic acids is 3. The molecule has 0 aromatic carbocycles. The van der Waals surface area contributed by atoms with E-state index in [1.807, 2.05) is 0 Å². The van der Waals surface area contributed by atoms with E-state index in [1.54, 1.807) is 0 Å². The molecule has 2 rings (SSSR count). The smallest absolute Gasteiger partial charge is 0.222 e. The summed E-state index contributed by atoms with van der Waals surface area (Å²) in [7, 11) is 0. The zero-order chi connectivity index (χ0) is 28.7. The highest BCUT2D eigenvalue weighted by Crippen LogP contribution is 2.30. The largest absolute Gasteiger partial charge is 0.379 e. The third kappa shape index (κ3) is 18.8. The number of unbranched alkanes of at least 4 members (excludes halogenated alkanes) is 12. The van der Waals surface area contributed by atoms with Gasteiger partial charge in [-0.2, -0.15) is 0 Å². The lowest BCUT2D eigenvalue weighted by molar-refractivity contribution is -0.124. The molecule has 2 fully saturated rings. The van der Waals surface area contributed by atoms with Crippen molar-refractivity contribution in [1.82, 2.24) is 10.6 Å². The number of ether oxygens (including phenoxy) is 2. The summed E-state index contributed by atoms with van der Waals surface area (Å²) in [6, 6.07) is 0.430. The number of hydrogen-bond donors (Lipinski definition) is 2. The van der Waals surface area contributed by atoms with Crippen molar-refractivity contribution in [1.29, 1.82) is 0 Å². The molecule has 232 valence electrons. The number of ketones is 1. The van der Waals surface area contributed by atoms with Gasteiger partial charge in [0, 0.05) is 37.3 Å². The van der Waals surface area contributed by atoms with Crippen molar-refractivity contribution < 1.29 is 23.9 Å². The molecule has 0 aliphatic heterocycles. The van der Waals surface area contributed by atoms with Gasteiger partial charge in [0.05, 0.1) is 26.4 Å². The van der Waals surface area contributed by atoms with Gasteiger partial charge in [0.25, 0.3) is 0 Å². The number of nitrogens with one attached hydrogen (secondary N) is 2. The number of rotatable bonds is 26. The fourth-order valence-corrected chi connectivity index (χ4v) is 5.55. The van der Waals surface area contributed by atoms with Crippen LogP contribution in [-0.2, 0) is 23.9 Å². The predicted molar refractivity (Wildman–Crippen MR) is 161 cm³/mol. The third-order valence-electron chi connectivity index (χ3n) is 8.34. The minimum absolute atomic E-state index is 0.0193. The molecule has 2 N–H and O–H groups in total. The highest BCUT2D eigenvalue weighted by atomic mass is 16.5. The van der Waals surface area contributed by atoms with Gasteiger partial charge in [-0.15, -0.1) is 0 Å². The Morgan fingerprint density at radius 1 is 0.525 bits per heavy atom. The van der Waals surface area contributed by atoms with E-state index in [2.05, 4.69) is 17.6 Å². The van der Waals surface area contributed by atoms with Crippen LogP contribution in [0.3, 0.4) is 0 Å². The minimum Gasteiger partial charge on any atom is -0.379 e. The SMILES string of the molecule is CCCCCCCCCCCCCCCC(=O)NC1CCC(NC(=O)CCOCCOCCC(=O)C2CC2)CC1. The van der Waals surface area contributed by atoms with Crippen LogP contribution in [0, 0.1) is 5.92 Å². The number of Topliss-reactive ketones (excluding diaryl/α,β-unsaturated/α-hetero) is 1. The first kappa shape index (κ1) is 34.7.